The first-order valence-electron chi connectivity index (χ1n) is 11.1. The molecule has 172 valence electrons. The molecule has 0 spiro atoms. The number of nitrogens with one attached hydrogen (secondary N) is 2. The number of hydrogen-bond donors (Lipinski definition) is 2. The molecular weight excluding hydrogens is 425 g/mol. The van der Waals surface area contributed by atoms with Crippen molar-refractivity contribution < 1.29 is 23.6 Å². The standard InChI is InChI=1S/C25H26FN3O4/c26-19-9-5-4-8-17(19)15-29(25(33)20-12-13-22(30)28-20)21(14-16-6-2-1-3-7-16)23(31)24(32)27-18-10-11-18/h1-9,18,20-21H,10-15H2,(H,27,32)(H,28,30)/t20-,21?/m1/s1. The number of halogens is 1. The highest BCUT2D eigenvalue weighted by Gasteiger charge is 2.40. The molecule has 1 saturated carbocycles. The highest BCUT2D eigenvalue weighted by molar-refractivity contribution is 6.38. The SMILES string of the molecule is O=C1CC[C@H](C(=O)N(Cc2ccccc2F)C(Cc2ccccc2)C(=O)C(=O)NC2CC2)N1. The zero-order valence-corrected chi connectivity index (χ0v) is 18.1. The van der Waals surface area contributed by atoms with Gasteiger partial charge >= 0.3 is 0 Å². The van der Waals surface area contributed by atoms with E-state index in [0.29, 0.717) is 0 Å². The monoisotopic (exact) mass is 451 g/mol. The Kier molecular flexibility index (Phi) is 6.82. The lowest BCUT2D eigenvalue weighted by Crippen LogP contribution is -2.55. The molecule has 2 N–H and O–H groups in total. The summed E-state index contributed by atoms with van der Waals surface area (Å²) in [7, 11) is 0. The summed E-state index contributed by atoms with van der Waals surface area (Å²) >= 11 is 0. The smallest absolute Gasteiger partial charge is 0.289 e. The van der Waals surface area contributed by atoms with Gasteiger partial charge in [0.2, 0.25) is 17.6 Å². The van der Waals surface area contributed by atoms with Gasteiger partial charge in [-0.15, -0.1) is 0 Å². The van der Waals surface area contributed by atoms with Gasteiger partial charge < -0.3 is 15.5 Å². The van der Waals surface area contributed by atoms with Crippen LogP contribution in [0.3, 0.4) is 0 Å². The molecule has 2 atom stereocenters. The molecule has 0 aromatic heterocycles. The van der Waals surface area contributed by atoms with Crippen LogP contribution in [0.4, 0.5) is 4.39 Å². The summed E-state index contributed by atoms with van der Waals surface area (Å²) in [6.07, 6.45) is 2.21. The van der Waals surface area contributed by atoms with Crippen LogP contribution < -0.4 is 10.6 Å². The molecule has 1 aliphatic carbocycles. The summed E-state index contributed by atoms with van der Waals surface area (Å²) in [5.74, 6) is -2.77. The van der Waals surface area contributed by atoms with E-state index in [0.717, 1.165) is 18.4 Å². The summed E-state index contributed by atoms with van der Waals surface area (Å²) < 4.78 is 14.5. The van der Waals surface area contributed by atoms with Gasteiger partial charge in [-0.05, 0) is 30.9 Å². The second-order valence-corrected chi connectivity index (χ2v) is 8.53. The van der Waals surface area contributed by atoms with Gasteiger partial charge in [-0.2, -0.15) is 0 Å². The van der Waals surface area contributed by atoms with Crippen molar-refractivity contribution >= 4 is 23.5 Å². The fourth-order valence-corrected chi connectivity index (χ4v) is 3.97. The van der Waals surface area contributed by atoms with Crippen molar-refractivity contribution in [3.05, 3.63) is 71.5 Å². The maximum Gasteiger partial charge on any atom is 0.289 e. The van der Waals surface area contributed by atoms with Crippen LogP contribution in [0.5, 0.6) is 0 Å². The molecule has 3 amide bonds. The molecule has 7 nitrogen and oxygen atoms in total. The minimum atomic E-state index is -1.14. The second-order valence-electron chi connectivity index (χ2n) is 8.53. The molecule has 1 saturated heterocycles. The third kappa shape index (κ3) is 5.63. The van der Waals surface area contributed by atoms with Gasteiger partial charge in [0, 0.05) is 31.0 Å². The number of Topliss-reactive ketones (excluding diaryl/α,β-unsaturated/α-hetero) is 1. The fourth-order valence-electron chi connectivity index (χ4n) is 3.97. The first kappa shape index (κ1) is 22.6. The summed E-state index contributed by atoms with van der Waals surface area (Å²) in [4.78, 5) is 52.5. The molecule has 1 aliphatic heterocycles. The Morgan fingerprint density at radius 2 is 1.73 bits per heavy atom. The van der Waals surface area contributed by atoms with Crippen LogP contribution in [0.25, 0.3) is 0 Å². The average molecular weight is 451 g/mol. The van der Waals surface area contributed by atoms with Gasteiger partial charge in [-0.3, -0.25) is 19.2 Å². The van der Waals surface area contributed by atoms with E-state index in [1.807, 2.05) is 18.2 Å². The molecule has 0 bridgehead atoms. The van der Waals surface area contributed by atoms with Crippen molar-refractivity contribution in [2.75, 3.05) is 0 Å². The van der Waals surface area contributed by atoms with Crippen LogP contribution >= 0.6 is 0 Å². The van der Waals surface area contributed by atoms with E-state index in [1.54, 1.807) is 18.2 Å². The third-order valence-electron chi connectivity index (χ3n) is 5.96. The van der Waals surface area contributed by atoms with Crippen LogP contribution in [0.2, 0.25) is 0 Å². The molecule has 2 aromatic rings. The normalized spacial score (nSPS) is 18.3. The summed E-state index contributed by atoms with van der Waals surface area (Å²) in [6, 6.07) is 13.1. The van der Waals surface area contributed by atoms with E-state index in [-0.39, 0.29) is 43.3 Å². The average Bonchev–Trinajstić information content (AvgIpc) is 3.53. The van der Waals surface area contributed by atoms with Crippen molar-refractivity contribution in [1.29, 1.82) is 0 Å². The zero-order chi connectivity index (χ0) is 23.4. The van der Waals surface area contributed by atoms with Crippen LogP contribution in [0, 0.1) is 5.82 Å². The maximum absolute atomic E-state index is 14.5. The third-order valence-corrected chi connectivity index (χ3v) is 5.96. The van der Waals surface area contributed by atoms with Crippen molar-refractivity contribution in [3.63, 3.8) is 0 Å². The lowest BCUT2D eigenvalue weighted by atomic mass is 9.98. The molecule has 0 radical (unpaired) electrons. The summed E-state index contributed by atoms with van der Waals surface area (Å²) in [5, 5.41) is 5.32. The summed E-state index contributed by atoms with van der Waals surface area (Å²) in [5.41, 5.74) is 0.987. The molecule has 2 aliphatic rings. The lowest BCUT2D eigenvalue weighted by Gasteiger charge is -2.33. The number of carbonyl (C=O) groups is 4. The number of hydrogen-bond acceptors (Lipinski definition) is 4. The first-order chi connectivity index (χ1) is 15.9. The van der Waals surface area contributed by atoms with Crippen molar-refractivity contribution in [2.24, 2.45) is 0 Å². The Labute approximate surface area is 191 Å². The van der Waals surface area contributed by atoms with E-state index in [9.17, 15) is 23.6 Å². The van der Waals surface area contributed by atoms with Crippen LogP contribution in [-0.4, -0.2) is 46.5 Å². The zero-order valence-electron chi connectivity index (χ0n) is 18.1. The number of rotatable bonds is 9. The van der Waals surface area contributed by atoms with Gasteiger partial charge in [0.1, 0.15) is 17.9 Å². The molecule has 4 rings (SSSR count). The van der Waals surface area contributed by atoms with Crippen molar-refractivity contribution in [3.8, 4) is 0 Å². The van der Waals surface area contributed by atoms with Gasteiger partial charge in [0.05, 0.1) is 0 Å². The molecule has 2 fully saturated rings. The van der Waals surface area contributed by atoms with Crippen LogP contribution in [0.15, 0.2) is 54.6 Å². The summed E-state index contributed by atoms with van der Waals surface area (Å²) in [6.45, 7) is -0.197. The molecule has 8 heteroatoms. The van der Waals surface area contributed by atoms with Crippen molar-refractivity contribution in [1.82, 2.24) is 15.5 Å². The number of ketones is 1. The predicted octanol–water partition coefficient (Wildman–Crippen LogP) is 1.89. The van der Waals surface area contributed by atoms with Gasteiger partial charge in [-0.1, -0.05) is 48.5 Å². The minimum Gasteiger partial charge on any atom is -0.347 e. The molecule has 2 aromatic carbocycles. The van der Waals surface area contributed by atoms with Gasteiger partial charge in [-0.25, -0.2) is 4.39 Å². The molecule has 33 heavy (non-hydrogen) atoms. The van der Waals surface area contributed by atoms with E-state index < -0.39 is 35.5 Å². The van der Waals surface area contributed by atoms with Crippen LogP contribution in [0.1, 0.15) is 36.8 Å². The Balaban J connectivity index is 1.68. The Morgan fingerprint density at radius 1 is 1.03 bits per heavy atom. The highest BCUT2D eigenvalue weighted by Crippen LogP contribution is 2.22. The number of benzene rings is 2. The Bertz CT molecular complexity index is 1050. The minimum absolute atomic E-state index is 0.0244. The number of amides is 3. The Hall–Kier alpha value is -3.55. The predicted molar refractivity (Wildman–Crippen MR) is 118 cm³/mol. The van der Waals surface area contributed by atoms with E-state index in [4.69, 9.17) is 0 Å². The quantitative estimate of drug-likeness (QED) is 0.569. The molecular formula is C25H26FN3O4. The fraction of sp³-hybridized carbons (Fsp3) is 0.360. The lowest BCUT2D eigenvalue weighted by molar-refractivity contribution is -0.147. The van der Waals surface area contributed by atoms with E-state index in [2.05, 4.69) is 10.6 Å². The maximum atomic E-state index is 14.5. The van der Waals surface area contributed by atoms with E-state index >= 15 is 0 Å². The topological polar surface area (TPSA) is 95.6 Å². The largest absolute Gasteiger partial charge is 0.347 e. The van der Waals surface area contributed by atoms with Crippen molar-refractivity contribution in [2.45, 2.75) is 56.8 Å². The van der Waals surface area contributed by atoms with Gasteiger partial charge in [0.25, 0.3) is 5.91 Å². The van der Waals surface area contributed by atoms with Gasteiger partial charge in [0.15, 0.2) is 0 Å². The Morgan fingerprint density at radius 3 is 2.36 bits per heavy atom. The van der Waals surface area contributed by atoms with E-state index in [1.165, 1.54) is 23.1 Å². The second kappa shape index (κ2) is 9.94. The number of nitrogens with zero attached hydrogens (tertiary/aromatic N) is 1. The number of carbonyl (C=O) groups excluding carboxylic acids is 4. The first-order valence-corrected chi connectivity index (χ1v) is 11.1. The molecule has 1 unspecified atom stereocenters. The molecule has 1 heterocycles. The van der Waals surface area contributed by atoms with Crippen LogP contribution in [-0.2, 0) is 32.1 Å². The highest BCUT2D eigenvalue weighted by atomic mass is 19.1.